The average molecular weight is 166 g/mol. The fourth-order valence-corrected chi connectivity index (χ4v) is 1.50. The molecule has 10 heavy (non-hydrogen) atoms. The number of nitrogens with one attached hydrogen (secondary N) is 1. The normalized spacial score (nSPS) is 31.8. The van der Waals surface area contributed by atoms with Gasteiger partial charge in [-0.05, 0) is 32.2 Å². The van der Waals surface area contributed by atoms with Crippen LogP contribution in [-0.2, 0) is 0 Å². The van der Waals surface area contributed by atoms with Crippen LogP contribution in [0.15, 0.2) is 0 Å². The summed E-state index contributed by atoms with van der Waals surface area (Å²) in [6, 6.07) is 0.669. The van der Waals surface area contributed by atoms with Gasteiger partial charge in [-0.15, -0.1) is 12.4 Å². The Morgan fingerprint density at radius 1 is 1.50 bits per heavy atom. The van der Waals surface area contributed by atoms with Crippen LogP contribution in [0.2, 0.25) is 0 Å². The van der Waals surface area contributed by atoms with Gasteiger partial charge in [0.15, 0.2) is 0 Å². The van der Waals surface area contributed by atoms with Gasteiger partial charge in [0.1, 0.15) is 0 Å². The predicted molar refractivity (Wildman–Crippen MR) is 44.5 cm³/mol. The molecule has 1 fully saturated rings. The lowest BCUT2D eigenvalue weighted by Crippen LogP contribution is -2.21. The minimum atomic E-state index is 0. The van der Waals surface area contributed by atoms with Crippen molar-refractivity contribution >= 4 is 12.4 Å². The molecule has 1 saturated carbocycles. The summed E-state index contributed by atoms with van der Waals surface area (Å²) >= 11 is 0. The molecule has 2 atom stereocenters. The number of aliphatic hydroxyl groups is 1. The number of hydrogen-bond donors (Lipinski definition) is 2. The highest BCUT2D eigenvalue weighted by Crippen LogP contribution is 2.24. The van der Waals surface area contributed by atoms with Gasteiger partial charge in [0, 0.05) is 12.6 Å². The van der Waals surface area contributed by atoms with Crippen molar-refractivity contribution in [3.05, 3.63) is 0 Å². The van der Waals surface area contributed by atoms with Crippen LogP contribution in [0.25, 0.3) is 0 Å². The van der Waals surface area contributed by atoms with E-state index in [1.54, 1.807) is 0 Å². The van der Waals surface area contributed by atoms with Crippen LogP contribution in [0, 0.1) is 5.92 Å². The molecule has 0 unspecified atom stereocenters. The Kier molecular flexibility index (Phi) is 5.04. The van der Waals surface area contributed by atoms with Crippen LogP contribution in [0.3, 0.4) is 0 Å². The van der Waals surface area contributed by atoms with E-state index in [9.17, 15) is 0 Å². The van der Waals surface area contributed by atoms with E-state index in [4.69, 9.17) is 5.11 Å². The van der Waals surface area contributed by atoms with Crippen molar-refractivity contribution in [1.82, 2.24) is 5.32 Å². The first-order chi connectivity index (χ1) is 4.36. The molecule has 3 heteroatoms. The van der Waals surface area contributed by atoms with E-state index in [2.05, 4.69) is 5.32 Å². The molecule has 0 spiro atoms. The summed E-state index contributed by atoms with van der Waals surface area (Å²) in [7, 11) is 1.99. The Balaban J connectivity index is 0.000000810. The van der Waals surface area contributed by atoms with Gasteiger partial charge >= 0.3 is 0 Å². The van der Waals surface area contributed by atoms with Gasteiger partial charge in [-0.3, -0.25) is 0 Å². The van der Waals surface area contributed by atoms with Crippen LogP contribution >= 0.6 is 12.4 Å². The van der Waals surface area contributed by atoms with E-state index in [0.29, 0.717) is 18.6 Å². The third-order valence-electron chi connectivity index (χ3n) is 2.21. The zero-order chi connectivity index (χ0) is 6.69. The zero-order valence-electron chi connectivity index (χ0n) is 6.34. The summed E-state index contributed by atoms with van der Waals surface area (Å²) in [4.78, 5) is 0. The second-order valence-electron chi connectivity index (χ2n) is 2.85. The maximum Gasteiger partial charge on any atom is 0.0459 e. The molecule has 0 aromatic rings. The van der Waals surface area contributed by atoms with Crippen molar-refractivity contribution in [1.29, 1.82) is 0 Å². The first kappa shape index (κ1) is 10.2. The van der Waals surface area contributed by atoms with E-state index >= 15 is 0 Å². The Morgan fingerprint density at radius 3 is 2.50 bits per heavy atom. The van der Waals surface area contributed by atoms with Crippen LogP contribution in [0.1, 0.15) is 19.3 Å². The summed E-state index contributed by atoms with van der Waals surface area (Å²) in [5.41, 5.74) is 0. The van der Waals surface area contributed by atoms with Crippen molar-refractivity contribution in [2.75, 3.05) is 13.7 Å². The molecular formula is C7H16ClNO. The smallest absolute Gasteiger partial charge is 0.0459 e. The molecule has 2 nitrogen and oxygen atoms in total. The van der Waals surface area contributed by atoms with Crippen molar-refractivity contribution in [2.24, 2.45) is 5.92 Å². The van der Waals surface area contributed by atoms with E-state index < -0.39 is 0 Å². The summed E-state index contributed by atoms with van der Waals surface area (Å²) in [6.07, 6.45) is 3.59. The molecule has 0 heterocycles. The molecular weight excluding hydrogens is 150 g/mol. The second kappa shape index (κ2) is 4.94. The molecule has 0 aromatic heterocycles. The monoisotopic (exact) mass is 165 g/mol. The van der Waals surface area contributed by atoms with E-state index in [1.165, 1.54) is 12.8 Å². The topological polar surface area (TPSA) is 32.3 Å². The number of hydrogen-bond acceptors (Lipinski definition) is 2. The molecule has 1 rings (SSSR count). The number of halogens is 1. The average Bonchev–Trinajstić information content (AvgIpc) is 2.34. The van der Waals surface area contributed by atoms with E-state index in [1.807, 2.05) is 7.05 Å². The van der Waals surface area contributed by atoms with E-state index in [-0.39, 0.29) is 12.4 Å². The fourth-order valence-electron chi connectivity index (χ4n) is 1.50. The maximum absolute atomic E-state index is 8.75. The largest absolute Gasteiger partial charge is 0.396 e. The number of rotatable bonds is 2. The lowest BCUT2D eigenvalue weighted by atomic mass is 10.1. The third-order valence-corrected chi connectivity index (χ3v) is 2.21. The second-order valence-corrected chi connectivity index (χ2v) is 2.85. The standard InChI is InChI=1S/C7H15NO.ClH/c1-8-7-3-2-6(4-7)5-9;/h6-9H,2-5H2,1H3;1H/t6-,7-;/m1./s1. The van der Waals surface area contributed by atoms with Crippen LogP contribution in [-0.4, -0.2) is 24.8 Å². The highest BCUT2D eigenvalue weighted by Gasteiger charge is 2.21. The summed E-state index contributed by atoms with van der Waals surface area (Å²) in [6.45, 7) is 0.373. The van der Waals surface area contributed by atoms with Gasteiger partial charge in [0.25, 0.3) is 0 Å². The predicted octanol–water partition coefficient (Wildman–Crippen LogP) is 0.789. The molecule has 62 valence electrons. The number of aliphatic hydroxyl groups excluding tert-OH is 1. The first-order valence-corrected chi connectivity index (χ1v) is 3.65. The van der Waals surface area contributed by atoms with Gasteiger partial charge in [0.05, 0.1) is 0 Å². The highest BCUT2D eigenvalue weighted by atomic mass is 35.5. The SMILES string of the molecule is CN[C@@H]1CC[C@@H](CO)C1.Cl. The molecule has 0 aliphatic heterocycles. The molecule has 0 bridgehead atoms. The quantitative estimate of drug-likeness (QED) is 0.634. The molecule has 0 saturated heterocycles. The molecule has 1 aliphatic carbocycles. The fraction of sp³-hybridized carbons (Fsp3) is 1.00. The summed E-state index contributed by atoms with van der Waals surface area (Å²) < 4.78 is 0. The third kappa shape index (κ3) is 2.45. The minimum absolute atomic E-state index is 0. The van der Waals surface area contributed by atoms with Crippen LogP contribution in [0.4, 0.5) is 0 Å². The Labute approximate surface area is 68.4 Å². The first-order valence-electron chi connectivity index (χ1n) is 3.65. The minimum Gasteiger partial charge on any atom is -0.396 e. The van der Waals surface area contributed by atoms with Gasteiger partial charge in [0.2, 0.25) is 0 Å². The maximum atomic E-state index is 8.75. The summed E-state index contributed by atoms with van der Waals surface area (Å²) in [5, 5.41) is 12.0. The Bertz CT molecular complexity index is 79.7. The van der Waals surface area contributed by atoms with Crippen molar-refractivity contribution < 1.29 is 5.11 Å². The van der Waals surface area contributed by atoms with Crippen molar-refractivity contribution in [2.45, 2.75) is 25.3 Å². The lowest BCUT2D eigenvalue weighted by molar-refractivity contribution is 0.228. The molecule has 0 aromatic carbocycles. The molecule has 2 N–H and O–H groups in total. The van der Waals surface area contributed by atoms with Gasteiger partial charge in [-0.1, -0.05) is 0 Å². The van der Waals surface area contributed by atoms with Crippen LogP contribution < -0.4 is 5.32 Å². The summed E-state index contributed by atoms with van der Waals surface area (Å²) in [5.74, 6) is 0.572. The molecule has 0 radical (unpaired) electrons. The Morgan fingerprint density at radius 2 is 2.20 bits per heavy atom. The molecule has 0 amide bonds. The highest BCUT2D eigenvalue weighted by molar-refractivity contribution is 5.85. The molecule has 1 aliphatic rings. The lowest BCUT2D eigenvalue weighted by Gasteiger charge is -2.06. The van der Waals surface area contributed by atoms with Crippen molar-refractivity contribution in [3.63, 3.8) is 0 Å². The van der Waals surface area contributed by atoms with Gasteiger partial charge < -0.3 is 10.4 Å². The zero-order valence-corrected chi connectivity index (χ0v) is 7.16. The van der Waals surface area contributed by atoms with Crippen molar-refractivity contribution in [3.8, 4) is 0 Å². The Hall–Kier alpha value is 0.210. The van der Waals surface area contributed by atoms with Gasteiger partial charge in [-0.2, -0.15) is 0 Å². The van der Waals surface area contributed by atoms with E-state index in [0.717, 1.165) is 6.42 Å². The van der Waals surface area contributed by atoms with Gasteiger partial charge in [-0.25, -0.2) is 0 Å². The van der Waals surface area contributed by atoms with Crippen LogP contribution in [0.5, 0.6) is 0 Å².